The van der Waals surface area contributed by atoms with Crippen LogP contribution in [0.1, 0.15) is 27.7 Å². The standard InChI is InChI=1S/C13H22O6/c1-12(2)16-7-6-15-11(14-5)10-9(8(7)17-12)18-13(3,4)19-10/h7-11H,6H2,1-5H3/t7?,8?,9?,10?,11-/m0/s1. The summed E-state index contributed by atoms with van der Waals surface area (Å²) in [5.74, 6) is -1.30. The third-order valence-electron chi connectivity index (χ3n) is 3.63. The van der Waals surface area contributed by atoms with Gasteiger partial charge in [0.15, 0.2) is 17.9 Å². The van der Waals surface area contributed by atoms with Crippen LogP contribution in [0, 0.1) is 0 Å². The third-order valence-corrected chi connectivity index (χ3v) is 3.63. The third kappa shape index (κ3) is 2.41. The van der Waals surface area contributed by atoms with Gasteiger partial charge in [0, 0.05) is 7.11 Å². The monoisotopic (exact) mass is 274 g/mol. The van der Waals surface area contributed by atoms with Crippen molar-refractivity contribution in [3.05, 3.63) is 0 Å². The van der Waals surface area contributed by atoms with Crippen molar-refractivity contribution in [2.24, 2.45) is 0 Å². The summed E-state index contributed by atoms with van der Waals surface area (Å²) in [6.45, 7) is 7.96. The van der Waals surface area contributed by atoms with E-state index in [1.54, 1.807) is 7.11 Å². The molecule has 110 valence electrons. The molecule has 3 heterocycles. The first kappa shape index (κ1) is 13.7. The fourth-order valence-corrected chi connectivity index (χ4v) is 3.04. The number of methoxy groups -OCH3 is 1. The molecule has 6 heteroatoms. The van der Waals surface area contributed by atoms with E-state index in [1.807, 2.05) is 27.7 Å². The van der Waals surface area contributed by atoms with Crippen LogP contribution in [-0.4, -0.2) is 56.0 Å². The lowest BCUT2D eigenvalue weighted by Crippen LogP contribution is -2.44. The van der Waals surface area contributed by atoms with Crippen LogP contribution in [-0.2, 0) is 28.4 Å². The fraction of sp³-hybridized carbons (Fsp3) is 1.00. The predicted octanol–water partition coefficient (Wildman–Crippen LogP) is 1.03. The highest BCUT2D eigenvalue weighted by Gasteiger charge is 2.58. The first-order valence-corrected chi connectivity index (χ1v) is 6.67. The van der Waals surface area contributed by atoms with Crippen LogP contribution >= 0.6 is 0 Å². The minimum atomic E-state index is -0.673. The molecule has 5 atom stereocenters. The maximum atomic E-state index is 5.98. The van der Waals surface area contributed by atoms with Crippen LogP contribution in [0.4, 0.5) is 0 Å². The maximum absolute atomic E-state index is 5.98. The molecule has 3 rings (SSSR count). The van der Waals surface area contributed by atoms with Crippen molar-refractivity contribution in [2.45, 2.75) is 70.0 Å². The van der Waals surface area contributed by atoms with E-state index in [0.717, 1.165) is 0 Å². The summed E-state index contributed by atoms with van der Waals surface area (Å²) in [5, 5.41) is 0. The van der Waals surface area contributed by atoms with Gasteiger partial charge in [0.1, 0.15) is 24.4 Å². The Morgan fingerprint density at radius 3 is 2.11 bits per heavy atom. The first-order chi connectivity index (χ1) is 8.81. The molecule has 0 spiro atoms. The molecule has 3 aliphatic heterocycles. The predicted molar refractivity (Wildman–Crippen MR) is 64.4 cm³/mol. The largest absolute Gasteiger partial charge is 0.353 e. The zero-order chi connectivity index (χ0) is 13.8. The second-order valence-electron chi connectivity index (χ2n) is 6.14. The summed E-state index contributed by atoms with van der Waals surface area (Å²) in [6, 6.07) is 0. The summed E-state index contributed by atoms with van der Waals surface area (Å²) in [5.41, 5.74) is 0. The minimum Gasteiger partial charge on any atom is -0.353 e. The van der Waals surface area contributed by atoms with Crippen LogP contribution < -0.4 is 0 Å². The van der Waals surface area contributed by atoms with Gasteiger partial charge in [-0.3, -0.25) is 0 Å². The van der Waals surface area contributed by atoms with E-state index in [9.17, 15) is 0 Å². The van der Waals surface area contributed by atoms with E-state index in [-0.39, 0.29) is 24.4 Å². The summed E-state index contributed by atoms with van der Waals surface area (Å²) in [4.78, 5) is 0. The van der Waals surface area contributed by atoms with Crippen molar-refractivity contribution in [3.63, 3.8) is 0 Å². The molecule has 0 aromatic carbocycles. The highest BCUT2D eigenvalue weighted by atomic mass is 16.8. The Bertz CT molecular complexity index is 355. The molecular formula is C13H22O6. The molecule has 0 saturated carbocycles. The maximum Gasteiger partial charge on any atom is 0.186 e. The summed E-state index contributed by atoms with van der Waals surface area (Å²) in [7, 11) is 1.60. The molecule has 6 nitrogen and oxygen atoms in total. The number of hydrogen-bond acceptors (Lipinski definition) is 6. The zero-order valence-corrected chi connectivity index (χ0v) is 12.0. The van der Waals surface area contributed by atoms with Gasteiger partial charge in [-0.1, -0.05) is 0 Å². The molecule has 0 bridgehead atoms. The molecular weight excluding hydrogens is 252 g/mol. The molecule has 3 aliphatic rings. The van der Waals surface area contributed by atoms with Crippen molar-refractivity contribution in [1.82, 2.24) is 0 Å². The molecule has 4 unspecified atom stereocenters. The molecule has 0 amide bonds. The smallest absolute Gasteiger partial charge is 0.186 e. The van der Waals surface area contributed by atoms with Gasteiger partial charge in [-0.15, -0.1) is 0 Å². The number of fused-ring (bicyclic) bond motifs is 3. The van der Waals surface area contributed by atoms with E-state index in [1.165, 1.54) is 0 Å². The summed E-state index contributed by atoms with van der Waals surface area (Å²) in [6.07, 6.45) is -1.41. The quantitative estimate of drug-likeness (QED) is 0.712. The van der Waals surface area contributed by atoms with E-state index in [4.69, 9.17) is 28.4 Å². The van der Waals surface area contributed by atoms with E-state index in [0.29, 0.717) is 6.61 Å². The average molecular weight is 274 g/mol. The average Bonchev–Trinajstić information content (AvgIpc) is 2.73. The molecule has 0 aromatic heterocycles. The Kier molecular flexibility index (Phi) is 3.16. The van der Waals surface area contributed by atoms with Crippen molar-refractivity contribution < 1.29 is 28.4 Å². The fourth-order valence-electron chi connectivity index (χ4n) is 3.04. The van der Waals surface area contributed by atoms with Gasteiger partial charge < -0.3 is 28.4 Å². The number of rotatable bonds is 1. The molecule has 0 aromatic rings. The van der Waals surface area contributed by atoms with Gasteiger partial charge in [0.05, 0.1) is 6.61 Å². The van der Waals surface area contributed by atoms with Crippen LogP contribution in [0.25, 0.3) is 0 Å². The molecule has 0 N–H and O–H groups in total. The lowest BCUT2D eigenvalue weighted by Gasteiger charge is -2.25. The lowest BCUT2D eigenvalue weighted by molar-refractivity contribution is -0.221. The van der Waals surface area contributed by atoms with Crippen LogP contribution in [0.3, 0.4) is 0 Å². The number of ether oxygens (including phenoxy) is 6. The minimum absolute atomic E-state index is 0.167. The molecule has 0 aliphatic carbocycles. The van der Waals surface area contributed by atoms with Crippen LogP contribution in [0.2, 0.25) is 0 Å². The summed E-state index contributed by atoms with van der Waals surface area (Å²) < 4.78 is 34.8. The lowest BCUT2D eigenvalue weighted by atomic mass is 10.0. The van der Waals surface area contributed by atoms with Crippen LogP contribution in [0.15, 0.2) is 0 Å². The SMILES string of the molecule is CO[C@H]1OCC2OC(C)(C)OC2C2OC(C)(C)OC21. The van der Waals surface area contributed by atoms with Crippen molar-refractivity contribution in [3.8, 4) is 0 Å². The molecule has 0 radical (unpaired) electrons. The van der Waals surface area contributed by atoms with E-state index < -0.39 is 17.9 Å². The van der Waals surface area contributed by atoms with Gasteiger partial charge in [-0.05, 0) is 27.7 Å². The van der Waals surface area contributed by atoms with Crippen molar-refractivity contribution in [1.29, 1.82) is 0 Å². The summed E-state index contributed by atoms with van der Waals surface area (Å²) >= 11 is 0. The van der Waals surface area contributed by atoms with Gasteiger partial charge in [0.25, 0.3) is 0 Å². The Balaban J connectivity index is 1.87. The van der Waals surface area contributed by atoms with Crippen molar-refractivity contribution in [2.75, 3.05) is 13.7 Å². The Morgan fingerprint density at radius 1 is 0.842 bits per heavy atom. The van der Waals surface area contributed by atoms with Gasteiger partial charge in [-0.25, -0.2) is 0 Å². The van der Waals surface area contributed by atoms with Gasteiger partial charge in [-0.2, -0.15) is 0 Å². The van der Waals surface area contributed by atoms with Gasteiger partial charge in [0.2, 0.25) is 0 Å². The molecule has 3 saturated heterocycles. The highest BCUT2D eigenvalue weighted by Crippen LogP contribution is 2.41. The van der Waals surface area contributed by atoms with Crippen LogP contribution in [0.5, 0.6) is 0 Å². The topological polar surface area (TPSA) is 55.4 Å². The van der Waals surface area contributed by atoms with E-state index in [2.05, 4.69) is 0 Å². The first-order valence-electron chi connectivity index (χ1n) is 6.67. The molecule has 19 heavy (non-hydrogen) atoms. The normalized spacial score (nSPS) is 47.5. The Hall–Kier alpha value is -0.240. The van der Waals surface area contributed by atoms with E-state index >= 15 is 0 Å². The zero-order valence-electron chi connectivity index (χ0n) is 12.0. The Morgan fingerprint density at radius 2 is 1.42 bits per heavy atom. The Labute approximate surface area is 113 Å². The molecule has 3 fully saturated rings. The van der Waals surface area contributed by atoms with Gasteiger partial charge >= 0.3 is 0 Å². The number of hydrogen-bond donors (Lipinski definition) is 0. The highest BCUT2D eigenvalue weighted by molar-refractivity contribution is 4.98. The second-order valence-corrected chi connectivity index (χ2v) is 6.14. The second kappa shape index (κ2) is 4.38. The van der Waals surface area contributed by atoms with Crippen molar-refractivity contribution >= 4 is 0 Å².